The van der Waals surface area contributed by atoms with Crippen molar-refractivity contribution < 1.29 is 13.2 Å². The molecule has 0 spiro atoms. The fourth-order valence-electron chi connectivity index (χ4n) is 3.80. The minimum absolute atomic E-state index is 0.0399. The number of aromatic nitrogens is 2. The first-order valence-electron chi connectivity index (χ1n) is 10.6. The third-order valence-corrected chi connectivity index (χ3v) is 7.78. The van der Waals surface area contributed by atoms with E-state index in [4.69, 9.17) is 11.6 Å². The number of rotatable bonds is 6. The lowest BCUT2D eigenvalue weighted by molar-refractivity contribution is 0.0947. The number of halogens is 1. The smallest absolute Gasteiger partial charge is 0.263 e. The standard InChI is InChI=1S/C23H26ClN5O3S/c1-17-7-9-18(10-8-17)15-25-22(30)19-16-27(2)26-23(19)33(31,32)29-13-11-28(12-14-29)21-6-4-3-5-20(21)24/h3-10,16H,11-15H2,1-2H3,(H,25,30). The van der Waals surface area contributed by atoms with Crippen molar-refractivity contribution in [1.29, 1.82) is 0 Å². The van der Waals surface area contributed by atoms with Crippen LogP contribution in [0.15, 0.2) is 59.8 Å². The van der Waals surface area contributed by atoms with Crippen LogP contribution in [0.3, 0.4) is 0 Å². The van der Waals surface area contributed by atoms with Gasteiger partial charge in [-0.05, 0) is 24.6 Å². The van der Waals surface area contributed by atoms with Crippen LogP contribution in [0.5, 0.6) is 0 Å². The Balaban J connectivity index is 1.48. The van der Waals surface area contributed by atoms with Crippen molar-refractivity contribution in [2.45, 2.75) is 18.5 Å². The average molecular weight is 488 g/mol. The van der Waals surface area contributed by atoms with Gasteiger partial charge in [0.25, 0.3) is 15.9 Å². The number of aryl methyl sites for hydroxylation is 2. The highest BCUT2D eigenvalue weighted by Crippen LogP contribution is 2.27. The molecular weight excluding hydrogens is 462 g/mol. The van der Waals surface area contributed by atoms with Crippen LogP contribution >= 0.6 is 11.6 Å². The van der Waals surface area contributed by atoms with Gasteiger partial charge in [-0.1, -0.05) is 53.6 Å². The summed E-state index contributed by atoms with van der Waals surface area (Å²) in [5.74, 6) is -0.475. The fourth-order valence-corrected chi connectivity index (χ4v) is 5.60. The van der Waals surface area contributed by atoms with Crippen molar-refractivity contribution in [1.82, 2.24) is 19.4 Å². The number of nitrogens with one attached hydrogen (secondary N) is 1. The molecule has 0 radical (unpaired) electrons. The number of nitrogens with zero attached hydrogens (tertiary/aromatic N) is 4. The number of carbonyl (C=O) groups excluding carboxylic acids is 1. The van der Waals surface area contributed by atoms with Crippen molar-refractivity contribution in [3.05, 3.63) is 76.4 Å². The third-order valence-electron chi connectivity index (χ3n) is 5.63. The van der Waals surface area contributed by atoms with Crippen molar-refractivity contribution in [2.24, 2.45) is 7.05 Å². The van der Waals surface area contributed by atoms with Gasteiger partial charge in [-0.2, -0.15) is 9.40 Å². The van der Waals surface area contributed by atoms with Crippen molar-refractivity contribution in [3.63, 3.8) is 0 Å². The van der Waals surface area contributed by atoms with E-state index in [0.29, 0.717) is 24.7 Å². The van der Waals surface area contributed by atoms with Crippen LogP contribution in [0.1, 0.15) is 21.5 Å². The number of carbonyl (C=O) groups is 1. The lowest BCUT2D eigenvalue weighted by Crippen LogP contribution is -2.49. The van der Waals surface area contributed by atoms with E-state index in [1.165, 1.54) is 15.2 Å². The van der Waals surface area contributed by atoms with E-state index in [0.717, 1.165) is 16.8 Å². The number of sulfonamides is 1. The Kier molecular flexibility index (Phi) is 6.73. The number of hydrogen-bond acceptors (Lipinski definition) is 5. The highest BCUT2D eigenvalue weighted by Gasteiger charge is 2.34. The van der Waals surface area contributed by atoms with E-state index in [1.54, 1.807) is 7.05 Å². The normalized spacial score (nSPS) is 14.9. The summed E-state index contributed by atoms with van der Waals surface area (Å²) in [5, 5.41) is 7.33. The molecule has 0 aliphatic carbocycles. The van der Waals surface area contributed by atoms with Gasteiger partial charge < -0.3 is 10.2 Å². The topological polar surface area (TPSA) is 87.5 Å². The molecule has 2 aromatic carbocycles. The van der Waals surface area contributed by atoms with E-state index < -0.39 is 15.9 Å². The molecule has 1 amide bonds. The number of benzene rings is 2. The maximum atomic E-state index is 13.4. The van der Waals surface area contributed by atoms with Crippen LogP contribution in [0.4, 0.5) is 5.69 Å². The highest BCUT2D eigenvalue weighted by atomic mass is 35.5. The predicted octanol–water partition coefficient (Wildman–Crippen LogP) is 2.82. The molecule has 1 aliphatic rings. The quantitative estimate of drug-likeness (QED) is 0.577. The van der Waals surface area contributed by atoms with E-state index >= 15 is 0 Å². The second-order valence-corrected chi connectivity index (χ2v) is 10.3. The van der Waals surface area contributed by atoms with Crippen LogP contribution < -0.4 is 10.2 Å². The maximum absolute atomic E-state index is 13.4. The Morgan fingerprint density at radius 1 is 1.06 bits per heavy atom. The van der Waals surface area contributed by atoms with Gasteiger partial charge in [0.05, 0.1) is 16.3 Å². The summed E-state index contributed by atoms with van der Waals surface area (Å²) in [6, 6.07) is 15.3. The zero-order valence-corrected chi connectivity index (χ0v) is 20.1. The van der Waals surface area contributed by atoms with Gasteiger partial charge in [0.1, 0.15) is 0 Å². The third kappa shape index (κ3) is 5.05. The van der Waals surface area contributed by atoms with E-state index in [1.807, 2.05) is 55.5 Å². The Labute approximate surface area is 198 Å². The molecule has 8 nitrogen and oxygen atoms in total. The average Bonchev–Trinajstić information content (AvgIpc) is 3.22. The van der Waals surface area contributed by atoms with Crippen molar-refractivity contribution in [2.75, 3.05) is 31.1 Å². The first-order chi connectivity index (χ1) is 15.8. The molecule has 0 saturated carbocycles. The highest BCUT2D eigenvalue weighted by molar-refractivity contribution is 7.89. The molecule has 0 unspecified atom stereocenters. The number of hydrogen-bond donors (Lipinski definition) is 1. The minimum atomic E-state index is -3.94. The molecule has 1 aromatic heterocycles. The molecule has 0 atom stereocenters. The molecule has 1 N–H and O–H groups in total. The molecule has 1 saturated heterocycles. The van der Waals surface area contributed by atoms with Gasteiger partial charge in [-0.3, -0.25) is 9.48 Å². The molecule has 10 heteroatoms. The molecule has 2 heterocycles. The van der Waals surface area contributed by atoms with Crippen LogP contribution in [0.2, 0.25) is 5.02 Å². The molecule has 4 rings (SSSR count). The molecule has 33 heavy (non-hydrogen) atoms. The summed E-state index contributed by atoms with van der Waals surface area (Å²) in [5.41, 5.74) is 2.97. The Hall–Kier alpha value is -2.88. The summed E-state index contributed by atoms with van der Waals surface area (Å²) < 4.78 is 29.5. The summed E-state index contributed by atoms with van der Waals surface area (Å²) >= 11 is 6.29. The van der Waals surface area contributed by atoms with Crippen molar-refractivity contribution in [3.8, 4) is 0 Å². The SMILES string of the molecule is Cc1ccc(CNC(=O)c2cn(C)nc2S(=O)(=O)N2CCN(c3ccccc3Cl)CC2)cc1. The number of anilines is 1. The predicted molar refractivity (Wildman–Crippen MR) is 128 cm³/mol. The Morgan fingerprint density at radius 2 is 1.73 bits per heavy atom. The second kappa shape index (κ2) is 9.54. The number of amides is 1. The zero-order chi connectivity index (χ0) is 23.6. The number of piperazine rings is 1. The molecule has 3 aromatic rings. The number of para-hydroxylation sites is 1. The summed E-state index contributed by atoms with van der Waals surface area (Å²) in [6.07, 6.45) is 1.44. The van der Waals surface area contributed by atoms with E-state index in [2.05, 4.69) is 15.3 Å². The Bertz CT molecular complexity index is 1250. The van der Waals surface area contributed by atoms with E-state index in [9.17, 15) is 13.2 Å². The van der Waals surface area contributed by atoms with Crippen LogP contribution in [-0.4, -0.2) is 54.6 Å². The Morgan fingerprint density at radius 3 is 2.39 bits per heavy atom. The first kappa shape index (κ1) is 23.3. The van der Waals surface area contributed by atoms with Gasteiger partial charge in [-0.25, -0.2) is 8.42 Å². The molecule has 1 fully saturated rings. The van der Waals surface area contributed by atoms with E-state index in [-0.39, 0.29) is 23.7 Å². The summed E-state index contributed by atoms with van der Waals surface area (Å²) in [4.78, 5) is 14.9. The monoisotopic (exact) mass is 487 g/mol. The van der Waals surface area contributed by atoms with Crippen LogP contribution in [0.25, 0.3) is 0 Å². The van der Waals surface area contributed by atoms with Gasteiger partial charge in [0.2, 0.25) is 5.03 Å². The zero-order valence-electron chi connectivity index (χ0n) is 18.5. The second-order valence-electron chi connectivity index (χ2n) is 8.03. The van der Waals surface area contributed by atoms with Gasteiger partial charge in [-0.15, -0.1) is 0 Å². The largest absolute Gasteiger partial charge is 0.368 e. The fraction of sp³-hybridized carbons (Fsp3) is 0.304. The molecular formula is C23H26ClN5O3S. The minimum Gasteiger partial charge on any atom is -0.368 e. The van der Waals surface area contributed by atoms with Gasteiger partial charge in [0.15, 0.2) is 0 Å². The summed E-state index contributed by atoms with van der Waals surface area (Å²) in [7, 11) is -2.34. The van der Waals surface area contributed by atoms with Gasteiger partial charge in [0, 0.05) is 46.0 Å². The van der Waals surface area contributed by atoms with Crippen LogP contribution in [0, 0.1) is 6.92 Å². The maximum Gasteiger partial charge on any atom is 0.263 e. The van der Waals surface area contributed by atoms with Gasteiger partial charge >= 0.3 is 0 Å². The summed E-state index contributed by atoms with van der Waals surface area (Å²) in [6.45, 7) is 3.81. The first-order valence-corrected chi connectivity index (χ1v) is 12.4. The molecule has 1 aliphatic heterocycles. The van der Waals surface area contributed by atoms with Crippen molar-refractivity contribution >= 4 is 33.2 Å². The molecule has 174 valence electrons. The van der Waals surface area contributed by atoms with Crippen LogP contribution in [-0.2, 0) is 23.6 Å². The lowest BCUT2D eigenvalue weighted by atomic mass is 10.1. The molecule has 0 bridgehead atoms. The lowest BCUT2D eigenvalue weighted by Gasteiger charge is -2.35.